The van der Waals surface area contributed by atoms with Crippen LogP contribution in [-0.4, -0.2) is 31.7 Å². The van der Waals surface area contributed by atoms with Gasteiger partial charge >= 0.3 is 12.1 Å². The fourth-order valence-electron chi connectivity index (χ4n) is 2.60. The fourth-order valence-corrected chi connectivity index (χ4v) is 2.60. The fraction of sp³-hybridized carbons (Fsp3) is 0.333. The van der Waals surface area contributed by atoms with E-state index in [1.165, 1.54) is 24.3 Å². The second-order valence-electron chi connectivity index (χ2n) is 6.34. The summed E-state index contributed by atoms with van der Waals surface area (Å²) < 4.78 is 47.5. The lowest BCUT2D eigenvalue weighted by Crippen LogP contribution is -2.29. The van der Waals surface area contributed by atoms with Crippen LogP contribution in [0, 0.1) is 0 Å². The predicted octanol–water partition coefficient (Wildman–Crippen LogP) is 3.84. The highest BCUT2D eigenvalue weighted by Gasteiger charge is 2.38. The predicted molar refractivity (Wildman–Crippen MR) is 105 cm³/mol. The number of methoxy groups -OCH3 is 1. The molecule has 6 nitrogen and oxygen atoms in total. The van der Waals surface area contributed by atoms with Crippen molar-refractivity contribution >= 4 is 17.5 Å². The Bertz CT molecular complexity index is 868. The molecule has 0 saturated heterocycles. The number of rotatable bonds is 9. The molecule has 0 aliphatic carbocycles. The molecule has 0 aliphatic heterocycles. The van der Waals surface area contributed by atoms with Gasteiger partial charge < -0.3 is 20.1 Å². The summed E-state index contributed by atoms with van der Waals surface area (Å²) in [6, 6.07) is 11.2. The zero-order chi connectivity index (χ0) is 22.1. The van der Waals surface area contributed by atoms with Crippen LogP contribution >= 0.6 is 0 Å². The van der Waals surface area contributed by atoms with Crippen LogP contribution < -0.4 is 20.1 Å². The molecule has 0 atom stereocenters. The standard InChI is InChI=1S/C21H23F3N2O4/c1-3-30-17-10-6-14(12-18(17)29-2)7-11-19(27)25-13-15-4-8-16(9-5-15)26-20(28)21(22,23)24/h4-6,8-10,12H,3,7,11,13H2,1-2H3,(H,25,27)(H,26,28). The van der Waals surface area contributed by atoms with Crippen LogP contribution in [0.3, 0.4) is 0 Å². The Labute approximate surface area is 172 Å². The third kappa shape index (κ3) is 6.98. The quantitative estimate of drug-likeness (QED) is 0.641. The van der Waals surface area contributed by atoms with Gasteiger partial charge in [-0.05, 0) is 48.7 Å². The van der Waals surface area contributed by atoms with Gasteiger partial charge in [-0.15, -0.1) is 0 Å². The average molecular weight is 424 g/mol. The van der Waals surface area contributed by atoms with Crippen LogP contribution in [0.4, 0.5) is 18.9 Å². The maximum absolute atomic E-state index is 12.2. The molecule has 2 N–H and O–H groups in total. The van der Waals surface area contributed by atoms with Crippen molar-refractivity contribution in [3.63, 3.8) is 0 Å². The van der Waals surface area contributed by atoms with E-state index in [4.69, 9.17) is 9.47 Å². The number of amides is 2. The lowest BCUT2D eigenvalue weighted by molar-refractivity contribution is -0.167. The number of anilines is 1. The van der Waals surface area contributed by atoms with Crippen LogP contribution in [0.5, 0.6) is 11.5 Å². The van der Waals surface area contributed by atoms with E-state index in [1.54, 1.807) is 18.5 Å². The van der Waals surface area contributed by atoms with Gasteiger partial charge in [0.1, 0.15) is 0 Å². The highest BCUT2D eigenvalue weighted by Crippen LogP contribution is 2.28. The molecule has 9 heteroatoms. The summed E-state index contributed by atoms with van der Waals surface area (Å²) in [5.41, 5.74) is 1.64. The van der Waals surface area contributed by atoms with Crippen molar-refractivity contribution in [3.8, 4) is 11.5 Å². The number of hydrogen-bond donors (Lipinski definition) is 2. The maximum Gasteiger partial charge on any atom is 0.471 e. The van der Waals surface area contributed by atoms with E-state index >= 15 is 0 Å². The normalized spacial score (nSPS) is 11.0. The van der Waals surface area contributed by atoms with Crippen molar-refractivity contribution in [3.05, 3.63) is 53.6 Å². The summed E-state index contributed by atoms with van der Waals surface area (Å²) in [6.45, 7) is 2.62. The molecule has 0 radical (unpaired) electrons. The van der Waals surface area contributed by atoms with E-state index in [0.717, 1.165) is 5.56 Å². The van der Waals surface area contributed by atoms with E-state index < -0.39 is 12.1 Å². The summed E-state index contributed by atoms with van der Waals surface area (Å²) in [4.78, 5) is 23.0. The van der Waals surface area contributed by atoms with Gasteiger partial charge in [-0.3, -0.25) is 9.59 Å². The third-order valence-corrected chi connectivity index (χ3v) is 4.13. The van der Waals surface area contributed by atoms with E-state index in [0.29, 0.717) is 30.1 Å². The van der Waals surface area contributed by atoms with Crippen LogP contribution in [0.2, 0.25) is 0 Å². The van der Waals surface area contributed by atoms with Gasteiger partial charge in [0.15, 0.2) is 11.5 Å². The topological polar surface area (TPSA) is 76.7 Å². The van der Waals surface area contributed by atoms with E-state index in [2.05, 4.69) is 5.32 Å². The van der Waals surface area contributed by atoms with Crippen LogP contribution in [0.15, 0.2) is 42.5 Å². The highest BCUT2D eigenvalue weighted by atomic mass is 19.4. The first kappa shape index (κ1) is 23.1. The second kappa shape index (κ2) is 10.5. The Balaban J connectivity index is 1.81. The molecule has 0 aromatic heterocycles. The molecule has 0 bridgehead atoms. The number of carbonyl (C=O) groups is 2. The molecular formula is C21H23F3N2O4. The van der Waals surface area contributed by atoms with E-state index in [1.807, 2.05) is 19.1 Å². The van der Waals surface area contributed by atoms with Crippen LogP contribution in [0.25, 0.3) is 0 Å². The maximum atomic E-state index is 12.2. The zero-order valence-electron chi connectivity index (χ0n) is 16.6. The molecule has 0 heterocycles. The Morgan fingerprint density at radius 2 is 1.67 bits per heavy atom. The smallest absolute Gasteiger partial charge is 0.471 e. The number of halogens is 3. The number of alkyl halides is 3. The molecule has 2 aromatic carbocycles. The SMILES string of the molecule is CCOc1ccc(CCC(=O)NCc2ccc(NC(=O)C(F)(F)F)cc2)cc1OC. The third-order valence-electron chi connectivity index (χ3n) is 4.13. The monoisotopic (exact) mass is 424 g/mol. The molecule has 0 unspecified atom stereocenters. The zero-order valence-corrected chi connectivity index (χ0v) is 16.6. The molecule has 0 aliphatic rings. The second-order valence-corrected chi connectivity index (χ2v) is 6.34. The molecular weight excluding hydrogens is 401 g/mol. The molecule has 30 heavy (non-hydrogen) atoms. The molecule has 2 aromatic rings. The Hall–Kier alpha value is -3.23. The summed E-state index contributed by atoms with van der Waals surface area (Å²) >= 11 is 0. The molecule has 2 rings (SSSR count). The van der Waals surface area contributed by atoms with Crippen molar-refractivity contribution in [2.24, 2.45) is 0 Å². The van der Waals surface area contributed by atoms with Crippen molar-refractivity contribution in [2.45, 2.75) is 32.5 Å². The van der Waals surface area contributed by atoms with Crippen molar-refractivity contribution in [1.29, 1.82) is 0 Å². The van der Waals surface area contributed by atoms with Crippen molar-refractivity contribution < 1.29 is 32.2 Å². The number of hydrogen-bond acceptors (Lipinski definition) is 4. The van der Waals surface area contributed by atoms with Crippen LogP contribution in [0.1, 0.15) is 24.5 Å². The van der Waals surface area contributed by atoms with Gasteiger partial charge in [-0.25, -0.2) is 0 Å². The summed E-state index contributed by atoms with van der Waals surface area (Å²) in [6.07, 6.45) is -4.17. The van der Waals surface area contributed by atoms with Gasteiger partial charge in [0.05, 0.1) is 13.7 Å². The Kier molecular flexibility index (Phi) is 8.08. The summed E-state index contributed by atoms with van der Waals surface area (Å²) in [5.74, 6) is -0.956. The Morgan fingerprint density at radius 3 is 2.27 bits per heavy atom. The molecule has 162 valence electrons. The minimum Gasteiger partial charge on any atom is -0.493 e. The number of benzene rings is 2. The summed E-state index contributed by atoms with van der Waals surface area (Å²) in [5, 5.41) is 4.51. The van der Waals surface area contributed by atoms with Gasteiger partial charge in [-0.1, -0.05) is 18.2 Å². The number of ether oxygens (including phenoxy) is 2. The molecule has 2 amide bonds. The largest absolute Gasteiger partial charge is 0.493 e. The highest BCUT2D eigenvalue weighted by molar-refractivity contribution is 5.94. The first-order chi connectivity index (χ1) is 14.2. The minimum absolute atomic E-state index is 0.0249. The molecule has 0 fully saturated rings. The lowest BCUT2D eigenvalue weighted by Gasteiger charge is -2.11. The van der Waals surface area contributed by atoms with Gasteiger partial charge in [0, 0.05) is 18.7 Å². The first-order valence-electron chi connectivity index (χ1n) is 9.26. The minimum atomic E-state index is -4.94. The first-order valence-corrected chi connectivity index (χ1v) is 9.26. The van der Waals surface area contributed by atoms with Gasteiger partial charge in [0.2, 0.25) is 5.91 Å². The van der Waals surface area contributed by atoms with E-state index in [9.17, 15) is 22.8 Å². The van der Waals surface area contributed by atoms with Crippen molar-refractivity contribution in [2.75, 3.05) is 19.0 Å². The summed E-state index contributed by atoms with van der Waals surface area (Å²) in [7, 11) is 1.55. The number of aryl methyl sites for hydroxylation is 1. The van der Waals surface area contributed by atoms with Gasteiger partial charge in [-0.2, -0.15) is 13.2 Å². The lowest BCUT2D eigenvalue weighted by atomic mass is 10.1. The Morgan fingerprint density at radius 1 is 1.00 bits per heavy atom. The van der Waals surface area contributed by atoms with Crippen LogP contribution in [-0.2, 0) is 22.6 Å². The average Bonchev–Trinajstić information content (AvgIpc) is 2.72. The van der Waals surface area contributed by atoms with Gasteiger partial charge in [0.25, 0.3) is 0 Å². The van der Waals surface area contributed by atoms with E-state index in [-0.39, 0.29) is 24.6 Å². The van der Waals surface area contributed by atoms with Crippen molar-refractivity contribution in [1.82, 2.24) is 5.32 Å². The number of nitrogens with one attached hydrogen (secondary N) is 2. The molecule has 0 saturated carbocycles. The number of carbonyl (C=O) groups excluding carboxylic acids is 2. The molecule has 0 spiro atoms.